The van der Waals surface area contributed by atoms with Crippen molar-refractivity contribution in [2.24, 2.45) is 0 Å². The number of fused-ring (bicyclic) bond motifs is 1. The highest BCUT2D eigenvalue weighted by molar-refractivity contribution is 5.94. The molecule has 2 amide bonds. The van der Waals surface area contributed by atoms with E-state index in [4.69, 9.17) is 15.2 Å². The van der Waals surface area contributed by atoms with E-state index in [0.29, 0.717) is 49.3 Å². The first-order chi connectivity index (χ1) is 26.3. The van der Waals surface area contributed by atoms with Crippen LogP contribution in [-0.4, -0.2) is 57.1 Å². The van der Waals surface area contributed by atoms with Gasteiger partial charge in [0.05, 0.1) is 41.2 Å². The molecular formula is C42H48N6O6. The highest BCUT2D eigenvalue weighted by Crippen LogP contribution is 2.39. The van der Waals surface area contributed by atoms with E-state index in [1.807, 2.05) is 89.5 Å². The van der Waals surface area contributed by atoms with Gasteiger partial charge >= 0.3 is 5.69 Å². The van der Waals surface area contributed by atoms with E-state index in [1.54, 1.807) is 12.1 Å². The normalized spacial score (nSPS) is 19.5. The van der Waals surface area contributed by atoms with Crippen LogP contribution in [0.5, 0.6) is 0 Å². The van der Waals surface area contributed by atoms with Gasteiger partial charge in [-0.1, -0.05) is 60.7 Å². The predicted molar refractivity (Wildman–Crippen MR) is 209 cm³/mol. The lowest BCUT2D eigenvalue weighted by Crippen LogP contribution is -2.43. The van der Waals surface area contributed by atoms with Crippen LogP contribution in [-0.2, 0) is 25.7 Å². The van der Waals surface area contributed by atoms with Gasteiger partial charge in [-0.25, -0.2) is 4.79 Å². The highest BCUT2D eigenvalue weighted by Gasteiger charge is 2.34. The molecule has 6 N–H and O–H groups in total. The number of imidazole rings is 1. The average Bonchev–Trinajstić information content (AvgIpc) is 3.53. The smallest absolute Gasteiger partial charge is 0.326 e. The van der Waals surface area contributed by atoms with Crippen LogP contribution in [0.15, 0.2) is 102 Å². The van der Waals surface area contributed by atoms with Crippen molar-refractivity contribution in [2.75, 3.05) is 36.0 Å². The van der Waals surface area contributed by atoms with Gasteiger partial charge in [-0.05, 0) is 73.2 Å². The number of carbonyl (C=O) groups is 2. The number of para-hydroxylation sites is 4. The number of anilines is 3. The van der Waals surface area contributed by atoms with Crippen molar-refractivity contribution >= 4 is 39.9 Å². The molecule has 1 aromatic heterocycles. The number of aliphatic hydroxyl groups is 1. The van der Waals surface area contributed by atoms with E-state index in [1.165, 1.54) is 0 Å². The summed E-state index contributed by atoms with van der Waals surface area (Å²) >= 11 is 0. The number of rotatable bonds is 13. The average molecular weight is 733 g/mol. The molecule has 54 heavy (non-hydrogen) atoms. The van der Waals surface area contributed by atoms with Crippen LogP contribution in [0.2, 0.25) is 0 Å². The fraction of sp³-hybridized carbons (Fsp3) is 0.357. The lowest BCUT2D eigenvalue weighted by atomic mass is 9.98. The Labute approximate surface area is 314 Å². The first-order valence-corrected chi connectivity index (χ1v) is 18.8. The van der Waals surface area contributed by atoms with Crippen molar-refractivity contribution in [1.82, 2.24) is 14.5 Å². The molecule has 4 aromatic carbocycles. The van der Waals surface area contributed by atoms with Crippen molar-refractivity contribution in [3.05, 3.63) is 124 Å². The predicted octanol–water partition coefficient (Wildman–Crippen LogP) is 6.42. The number of hydrogen-bond donors (Lipinski definition) is 5. The minimum absolute atomic E-state index is 0.0293. The summed E-state index contributed by atoms with van der Waals surface area (Å²) in [6, 6.07) is 30.5. The van der Waals surface area contributed by atoms with Gasteiger partial charge in [0, 0.05) is 56.2 Å². The number of ether oxygens (including phenoxy) is 2. The minimum atomic E-state index is -0.664. The third-order valence-electron chi connectivity index (χ3n) is 10.4. The second-order valence-electron chi connectivity index (χ2n) is 14.2. The fourth-order valence-corrected chi connectivity index (χ4v) is 7.50. The van der Waals surface area contributed by atoms with Crippen molar-refractivity contribution in [3.63, 3.8) is 0 Å². The first-order valence-electron chi connectivity index (χ1n) is 18.8. The lowest BCUT2D eigenvalue weighted by molar-refractivity contribution is -0.253. The Hall–Kier alpha value is -5.27. The Bertz CT molecular complexity index is 2100. The van der Waals surface area contributed by atoms with E-state index < -0.39 is 6.29 Å². The maximum absolute atomic E-state index is 12.9. The quantitative estimate of drug-likeness (QED) is 0.0684. The number of unbranched alkanes of at least 4 members (excludes halogenated alkanes) is 1. The molecule has 12 nitrogen and oxygen atoms in total. The van der Waals surface area contributed by atoms with Crippen LogP contribution in [0.4, 0.5) is 17.1 Å². The van der Waals surface area contributed by atoms with Gasteiger partial charge in [0.25, 0.3) is 0 Å². The Balaban J connectivity index is 0.961. The summed E-state index contributed by atoms with van der Waals surface area (Å²) in [6.45, 7) is 2.36. The maximum Gasteiger partial charge on any atom is 0.326 e. The molecule has 12 heteroatoms. The van der Waals surface area contributed by atoms with E-state index >= 15 is 0 Å². The van der Waals surface area contributed by atoms with E-state index in [-0.39, 0.29) is 48.8 Å². The third kappa shape index (κ3) is 9.08. The number of amides is 2. The first kappa shape index (κ1) is 37.1. The monoisotopic (exact) mass is 732 g/mol. The number of nitrogens with two attached hydrogens (primary N) is 1. The summed E-state index contributed by atoms with van der Waals surface area (Å²) < 4.78 is 15.1. The summed E-state index contributed by atoms with van der Waals surface area (Å²) in [5.41, 5.74) is 12.0. The van der Waals surface area contributed by atoms with Gasteiger partial charge < -0.3 is 40.8 Å². The number of H-pyrrole nitrogens is 1. The number of nitrogens with zero attached hydrogens (tertiary/aromatic N) is 2. The molecule has 0 aliphatic carbocycles. The van der Waals surface area contributed by atoms with Crippen molar-refractivity contribution < 1.29 is 24.2 Å². The molecule has 2 aliphatic rings. The van der Waals surface area contributed by atoms with Gasteiger partial charge in [-0.2, -0.15) is 0 Å². The molecule has 2 fully saturated rings. The second kappa shape index (κ2) is 17.3. The molecular weight excluding hydrogens is 684 g/mol. The number of aromatic amines is 1. The molecule has 2 aliphatic heterocycles. The molecule has 3 heterocycles. The Morgan fingerprint density at radius 3 is 2.31 bits per heavy atom. The summed E-state index contributed by atoms with van der Waals surface area (Å²) in [5.74, 6) is -0.274. The Kier molecular flexibility index (Phi) is 11.8. The summed E-state index contributed by atoms with van der Waals surface area (Å²) in [7, 11) is 0. The van der Waals surface area contributed by atoms with Crippen LogP contribution >= 0.6 is 0 Å². The minimum Gasteiger partial charge on any atom is -0.397 e. The number of nitrogen functional groups attached to an aromatic ring is 1. The van der Waals surface area contributed by atoms with Crippen LogP contribution < -0.4 is 22.1 Å². The SMILES string of the molecule is Nc1ccccc1NC(=O)CCCCC(=O)Nc1cccc(C2OC(CN3CCC(n4c(=O)[nH]c5ccccc54)CC3)CC(c3ccc(CO)cc3)O2)c1. The lowest BCUT2D eigenvalue weighted by Gasteiger charge is -2.40. The number of benzene rings is 4. The van der Waals surface area contributed by atoms with Gasteiger partial charge in [-0.15, -0.1) is 0 Å². The largest absolute Gasteiger partial charge is 0.397 e. The molecule has 2 saturated heterocycles. The van der Waals surface area contributed by atoms with Crippen LogP contribution in [0.25, 0.3) is 11.0 Å². The number of aromatic nitrogens is 2. The van der Waals surface area contributed by atoms with Crippen molar-refractivity contribution in [2.45, 2.75) is 76.1 Å². The number of aliphatic hydroxyl groups excluding tert-OH is 1. The number of likely N-dealkylation sites (tertiary alicyclic amines) is 1. The fourth-order valence-electron chi connectivity index (χ4n) is 7.50. The molecule has 5 aromatic rings. The molecule has 0 saturated carbocycles. The zero-order valence-corrected chi connectivity index (χ0v) is 30.3. The second-order valence-corrected chi connectivity index (χ2v) is 14.2. The molecule has 0 bridgehead atoms. The highest BCUT2D eigenvalue weighted by atomic mass is 16.7. The zero-order valence-electron chi connectivity index (χ0n) is 30.3. The van der Waals surface area contributed by atoms with E-state index in [9.17, 15) is 19.5 Å². The van der Waals surface area contributed by atoms with Gasteiger partial charge in [0.15, 0.2) is 6.29 Å². The molecule has 3 atom stereocenters. The Morgan fingerprint density at radius 1 is 0.833 bits per heavy atom. The molecule has 282 valence electrons. The number of hydrogen-bond acceptors (Lipinski definition) is 8. The summed E-state index contributed by atoms with van der Waals surface area (Å²) in [4.78, 5) is 43.5. The molecule has 3 unspecified atom stereocenters. The zero-order chi connectivity index (χ0) is 37.4. The maximum atomic E-state index is 12.9. The molecule has 0 spiro atoms. The standard InChI is InChI=1S/C42H48N6O6/c43-34-10-1-2-11-35(34)45-40(51)15-6-5-14-39(50)44-31-9-7-8-30(24-31)41-53-33(25-38(54-41)29-18-16-28(27-49)17-19-29)26-47-22-20-32(21-23-47)48-37-13-4-3-12-36(37)46-42(48)52/h1-4,7-13,16-19,24,32-33,38,41,49H,5-6,14-15,20-23,25-27,43H2,(H,44,50)(H,45,51)(H,46,52). The molecule has 0 radical (unpaired) electrons. The van der Waals surface area contributed by atoms with Crippen molar-refractivity contribution in [3.8, 4) is 0 Å². The molecule has 7 rings (SSSR count). The van der Waals surface area contributed by atoms with Gasteiger partial charge in [0.1, 0.15) is 0 Å². The summed E-state index contributed by atoms with van der Waals surface area (Å²) in [5, 5.41) is 15.4. The Morgan fingerprint density at radius 2 is 1.56 bits per heavy atom. The van der Waals surface area contributed by atoms with E-state index in [2.05, 4.69) is 20.5 Å². The van der Waals surface area contributed by atoms with Gasteiger partial charge in [-0.3, -0.25) is 14.2 Å². The van der Waals surface area contributed by atoms with E-state index in [0.717, 1.165) is 53.7 Å². The third-order valence-corrected chi connectivity index (χ3v) is 10.4. The number of nitrogens with one attached hydrogen (secondary N) is 3. The number of piperidine rings is 1. The van der Waals surface area contributed by atoms with Gasteiger partial charge in [0.2, 0.25) is 11.8 Å². The van der Waals surface area contributed by atoms with Crippen LogP contribution in [0, 0.1) is 0 Å². The number of carbonyl (C=O) groups excluding carboxylic acids is 2. The van der Waals surface area contributed by atoms with Crippen LogP contribution in [0.3, 0.4) is 0 Å². The van der Waals surface area contributed by atoms with Crippen molar-refractivity contribution in [1.29, 1.82) is 0 Å². The van der Waals surface area contributed by atoms with Crippen LogP contribution in [0.1, 0.15) is 80.1 Å². The summed E-state index contributed by atoms with van der Waals surface area (Å²) in [6.07, 6.45) is 3.04. The topological polar surface area (TPSA) is 164 Å².